The summed E-state index contributed by atoms with van der Waals surface area (Å²) in [7, 11) is 4.14. The van der Waals surface area contributed by atoms with Gasteiger partial charge < -0.3 is 4.72 Å². The maximum absolute atomic E-state index is 5.88. The third-order valence-electron chi connectivity index (χ3n) is 1.81. The molecule has 4 heteroatoms. The van der Waals surface area contributed by atoms with E-state index in [-0.39, 0.29) is 11.3 Å². The summed E-state index contributed by atoms with van der Waals surface area (Å²) in [5.41, 5.74) is 1.22. The Morgan fingerprint density at radius 3 is 2.83 bits per heavy atom. The van der Waals surface area contributed by atoms with Crippen molar-refractivity contribution in [1.29, 1.82) is 0 Å². The number of halogens is 1. The summed E-state index contributed by atoms with van der Waals surface area (Å²) in [5.74, 6) is 0. The van der Waals surface area contributed by atoms with Gasteiger partial charge in [-0.1, -0.05) is 22.9 Å². The lowest BCUT2D eigenvalue weighted by molar-refractivity contribution is 0.689. The van der Waals surface area contributed by atoms with Crippen LogP contribution in [0.5, 0.6) is 0 Å². The van der Waals surface area contributed by atoms with E-state index in [1.54, 1.807) is 0 Å². The molecule has 0 saturated heterocycles. The van der Waals surface area contributed by atoms with Gasteiger partial charge in [-0.15, -0.1) is 0 Å². The number of fused-ring (bicyclic) bond motifs is 1. The van der Waals surface area contributed by atoms with Crippen LogP contribution in [-0.2, 0) is 0 Å². The van der Waals surface area contributed by atoms with Gasteiger partial charge in [-0.3, -0.25) is 4.31 Å². The highest BCUT2D eigenvalue weighted by atomic mass is 35.5. The minimum absolute atomic E-state index is 0.290. The lowest BCUT2D eigenvalue weighted by atomic mass is 10.3. The van der Waals surface area contributed by atoms with Crippen molar-refractivity contribution < 1.29 is 0 Å². The van der Waals surface area contributed by atoms with Crippen LogP contribution in [-0.4, -0.2) is 18.4 Å². The summed E-state index contributed by atoms with van der Waals surface area (Å²) in [6.45, 7) is 0. The molecule has 1 aliphatic heterocycles. The SMILES string of the molecule is CN(C)[SH]1Nc2ccc(Cl)cc21. The van der Waals surface area contributed by atoms with E-state index in [2.05, 4.69) is 23.1 Å². The molecular weight excluding hydrogens is 192 g/mol. The van der Waals surface area contributed by atoms with Gasteiger partial charge in [0.1, 0.15) is 0 Å². The van der Waals surface area contributed by atoms with Crippen LogP contribution in [0.15, 0.2) is 23.1 Å². The molecule has 2 rings (SSSR count). The molecule has 1 unspecified atom stereocenters. The average molecular weight is 203 g/mol. The molecule has 1 N–H and O–H groups in total. The number of anilines is 1. The molecule has 0 amide bonds. The number of nitrogens with zero attached hydrogens (tertiary/aromatic N) is 1. The molecule has 0 saturated carbocycles. The van der Waals surface area contributed by atoms with E-state index in [4.69, 9.17) is 11.6 Å². The van der Waals surface area contributed by atoms with Gasteiger partial charge in [0.15, 0.2) is 0 Å². The van der Waals surface area contributed by atoms with Crippen molar-refractivity contribution in [1.82, 2.24) is 4.31 Å². The highest BCUT2D eigenvalue weighted by molar-refractivity contribution is 8.17. The highest BCUT2D eigenvalue weighted by Crippen LogP contribution is 2.52. The van der Waals surface area contributed by atoms with Crippen molar-refractivity contribution >= 4 is 28.6 Å². The normalized spacial score (nSPS) is 22.8. The maximum Gasteiger partial charge on any atom is 0.0586 e. The van der Waals surface area contributed by atoms with Gasteiger partial charge in [0.25, 0.3) is 0 Å². The first-order valence-corrected chi connectivity index (χ1v) is 5.39. The third kappa shape index (κ3) is 1.18. The van der Waals surface area contributed by atoms with E-state index in [1.807, 2.05) is 18.2 Å². The van der Waals surface area contributed by atoms with Gasteiger partial charge in [0.05, 0.1) is 5.69 Å². The maximum atomic E-state index is 5.88. The number of hydrogen-bond acceptors (Lipinski definition) is 2. The molecule has 0 spiro atoms. The molecule has 1 heterocycles. The highest BCUT2D eigenvalue weighted by Gasteiger charge is 2.23. The first-order valence-electron chi connectivity index (χ1n) is 3.72. The van der Waals surface area contributed by atoms with Crippen LogP contribution >= 0.6 is 22.9 Å². The van der Waals surface area contributed by atoms with Crippen molar-refractivity contribution in [2.24, 2.45) is 0 Å². The first kappa shape index (κ1) is 8.23. The van der Waals surface area contributed by atoms with Crippen LogP contribution in [0, 0.1) is 0 Å². The molecule has 0 aliphatic carbocycles. The molecule has 12 heavy (non-hydrogen) atoms. The second-order valence-corrected chi connectivity index (χ2v) is 5.50. The Morgan fingerprint density at radius 2 is 2.17 bits per heavy atom. The van der Waals surface area contributed by atoms with Crippen molar-refractivity contribution in [3.8, 4) is 0 Å². The lowest BCUT2D eigenvalue weighted by Gasteiger charge is -2.40. The smallest absolute Gasteiger partial charge is 0.0586 e. The summed E-state index contributed by atoms with van der Waals surface area (Å²) in [4.78, 5) is 1.35. The van der Waals surface area contributed by atoms with Crippen molar-refractivity contribution in [3.05, 3.63) is 23.2 Å². The fourth-order valence-corrected chi connectivity index (χ4v) is 3.09. The Balaban J connectivity index is 2.33. The molecule has 1 atom stereocenters. The van der Waals surface area contributed by atoms with Crippen LogP contribution in [0.3, 0.4) is 0 Å². The quantitative estimate of drug-likeness (QED) is 0.681. The minimum atomic E-state index is -0.290. The van der Waals surface area contributed by atoms with E-state index in [9.17, 15) is 0 Å². The van der Waals surface area contributed by atoms with Crippen LogP contribution in [0.2, 0.25) is 5.02 Å². The first-order chi connectivity index (χ1) is 5.68. The van der Waals surface area contributed by atoms with Gasteiger partial charge >= 0.3 is 0 Å². The van der Waals surface area contributed by atoms with Crippen LogP contribution in [0.4, 0.5) is 5.69 Å². The lowest BCUT2D eigenvalue weighted by Crippen LogP contribution is -2.22. The summed E-state index contributed by atoms with van der Waals surface area (Å²) < 4.78 is 5.57. The zero-order valence-electron chi connectivity index (χ0n) is 7.00. The molecule has 1 aromatic carbocycles. The van der Waals surface area contributed by atoms with Gasteiger partial charge in [-0.05, 0) is 32.3 Å². The fourth-order valence-electron chi connectivity index (χ4n) is 1.21. The second-order valence-electron chi connectivity index (χ2n) is 2.93. The molecule has 0 radical (unpaired) electrons. The van der Waals surface area contributed by atoms with Gasteiger partial charge in [-0.25, -0.2) is 0 Å². The van der Waals surface area contributed by atoms with Crippen molar-refractivity contribution in [3.63, 3.8) is 0 Å². The Kier molecular flexibility index (Phi) is 1.94. The molecule has 1 aliphatic rings. The zero-order chi connectivity index (χ0) is 8.72. The number of hydrogen-bond donors (Lipinski definition) is 2. The molecule has 0 bridgehead atoms. The number of thiol groups is 1. The van der Waals surface area contributed by atoms with Crippen LogP contribution in [0.1, 0.15) is 0 Å². The number of benzene rings is 1. The molecular formula is C8H11ClN2S. The molecule has 0 fully saturated rings. The number of rotatable bonds is 1. The Morgan fingerprint density at radius 1 is 1.42 bits per heavy atom. The van der Waals surface area contributed by atoms with Gasteiger partial charge in [0.2, 0.25) is 0 Å². The summed E-state index contributed by atoms with van der Waals surface area (Å²) in [6.07, 6.45) is 0. The topological polar surface area (TPSA) is 15.3 Å². The van der Waals surface area contributed by atoms with E-state index >= 15 is 0 Å². The summed E-state index contributed by atoms with van der Waals surface area (Å²) in [5, 5.41) is 0.824. The predicted molar refractivity (Wildman–Crippen MR) is 56.0 cm³/mol. The zero-order valence-corrected chi connectivity index (χ0v) is 8.65. The van der Waals surface area contributed by atoms with Crippen LogP contribution < -0.4 is 4.72 Å². The van der Waals surface area contributed by atoms with Crippen molar-refractivity contribution in [2.75, 3.05) is 18.8 Å². The monoisotopic (exact) mass is 202 g/mol. The van der Waals surface area contributed by atoms with Gasteiger partial charge in [-0.2, -0.15) is 0 Å². The van der Waals surface area contributed by atoms with Crippen LogP contribution in [0.25, 0.3) is 0 Å². The molecule has 2 nitrogen and oxygen atoms in total. The predicted octanol–water partition coefficient (Wildman–Crippen LogP) is 2.52. The Bertz CT molecular complexity index is 314. The van der Waals surface area contributed by atoms with E-state index < -0.39 is 0 Å². The summed E-state index contributed by atoms with van der Waals surface area (Å²) in [6, 6.07) is 5.98. The standard InChI is InChI=1S/C8H11ClN2S/c1-11(2)12-8-5-6(9)3-4-7(8)10-12/h3-5,10,12H,1-2H3. The average Bonchev–Trinajstić information content (AvgIpc) is 1.95. The Labute approximate surface area is 80.1 Å². The third-order valence-corrected chi connectivity index (χ3v) is 4.13. The minimum Gasteiger partial charge on any atom is -0.333 e. The van der Waals surface area contributed by atoms with E-state index in [1.165, 1.54) is 10.6 Å². The summed E-state index contributed by atoms with van der Waals surface area (Å²) >= 11 is 5.59. The Hall–Kier alpha value is -0.380. The van der Waals surface area contributed by atoms with E-state index in [0.29, 0.717) is 0 Å². The fraction of sp³-hybridized carbons (Fsp3) is 0.250. The molecule has 1 aromatic rings. The van der Waals surface area contributed by atoms with E-state index in [0.717, 1.165) is 5.02 Å². The second kappa shape index (κ2) is 2.83. The number of nitrogens with one attached hydrogen (secondary N) is 1. The largest absolute Gasteiger partial charge is 0.333 e. The van der Waals surface area contributed by atoms with Gasteiger partial charge in [0, 0.05) is 9.92 Å². The van der Waals surface area contributed by atoms with Crippen molar-refractivity contribution in [2.45, 2.75) is 4.90 Å². The molecule has 0 aromatic heterocycles. The molecule has 66 valence electrons.